The number of aliphatic carboxylic acids is 1. The summed E-state index contributed by atoms with van der Waals surface area (Å²) in [5, 5.41) is 17.8. The van der Waals surface area contributed by atoms with E-state index in [1.165, 1.54) is 0 Å². The normalized spacial score (nSPS) is 18.3. The van der Waals surface area contributed by atoms with Gasteiger partial charge in [-0.3, -0.25) is 4.79 Å². The Kier molecular flexibility index (Phi) is 5.28. The molecule has 0 aliphatic carbocycles. The van der Waals surface area contributed by atoms with Gasteiger partial charge in [-0.2, -0.15) is 11.8 Å². The van der Waals surface area contributed by atoms with Crippen LogP contribution in [-0.4, -0.2) is 40.3 Å². The van der Waals surface area contributed by atoms with Crippen molar-refractivity contribution in [3.8, 4) is 0 Å². The predicted molar refractivity (Wildman–Crippen MR) is 49.2 cm³/mol. The van der Waals surface area contributed by atoms with E-state index in [0.717, 1.165) is 0 Å². The van der Waals surface area contributed by atoms with Crippen LogP contribution in [-0.2, 0) is 4.79 Å². The minimum absolute atomic E-state index is 0.0916. The van der Waals surface area contributed by atoms with Crippen molar-refractivity contribution in [2.24, 2.45) is 11.7 Å². The van der Waals surface area contributed by atoms with Crippen LogP contribution in [0.1, 0.15) is 6.92 Å². The third kappa shape index (κ3) is 3.42. The molecule has 5 heteroatoms. The van der Waals surface area contributed by atoms with Crippen molar-refractivity contribution in [2.75, 3.05) is 12.0 Å². The number of carboxylic acids is 1. The van der Waals surface area contributed by atoms with Gasteiger partial charge in [-0.1, -0.05) is 6.92 Å². The van der Waals surface area contributed by atoms with Crippen LogP contribution < -0.4 is 5.73 Å². The Morgan fingerprint density at radius 2 is 2.17 bits per heavy atom. The van der Waals surface area contributed by atoms with Crippen LogP contribution >= 0.6 is 11.8 Å². The van der Waals surface area contributed by atoms with Crippen LogP contribution in [0.4, 0.5) is 0 Å². The van der Waals surface area contributed by atoms with Crippen LogP contribution in [0.25, 0.3) is 0 Å². The van der Waals surface area contributed by atoms with Gasteiger partial charge in [0.2, 0.25) is 0 Å². The molecule has 0 aliphatic rings. The topological polar surface area (TPSA) is 83.5 Å². The largest absolute Gasteiger partial charge is 0.480 e. The lowest BCUT2D eigenvalue weighted by Gasteiger charge is -2.20. The second-order valence-corrected chi connectivity index (χ2v) is 3.70. The second kappa shape index (κ2) is 5.40. The molecular weight excluding hydrogens is 178 g/mol. The molecule has 0 bridgehead atoms. The van der Waals surface area contributed by atoms with E-state index in [1.54, 1.807) is 18.7 Å². The monoisotopic (exact) mass is 193 g/mol. The molecule has 0 aromatic rings. The number of aliphatic hydroxyl groups excluding tert-OH is 1. The highest BCUT2D eigenvalue weighted by atomic mass is 32.2. The van der Waals surface area contributed by atoms with Gasteiger partial charge in [0.25, 0.3) is 0 Å². The predicted octanol–water partition coefficient (Wildman–Crippen LogP) is -0.242. The van der Waals surface area contributed by atoms with Crippen molar-refractivity contribution in [3.63, 3.8) is 0 Å². The highest BCUT2D eigenvalue weighted by Gasteiger charge is 2.26. The fourth-order valence-electron chi connectivity index (χ4n) is 0.862. The fourth-order valence-corrected chi connectivity index (χ4v) is 1.58. The van der Waals surface area contributed by atoms with E-state index >= 15 is 0 Å². The summed E-state index contributed by atoms with van der Waals surface area (Å²) < 4.78 is 0. The lowest BCUT2D eigenvalue weighted by Crippen LogP contribution is -2.45. The molecule has 0 spiro atoms. The smallest absolute Gasteiger partial charge is 0.323 e. The highest BCUT2D eigenvalue weighted by molar-refractivity contribution is 7.98. The Balaban J connectivity index is 3.99. The Hall–Kier alpha value is -0.260. The first-order valence-corrected chi connectivity index (χ1v) is 5.05. The van der Waals surface area contributed by atoms with Gasteiger partial charge in [0.1, 0.15) is 6.04 Å². The zero-order valence-electron chi connectivity index (χ0n) is 7.23. The van der Waals surface area contributed by atoms with Gasteiger partial charge in [-0.25, -0.2) is 0 Å². The molecule has 0 aliphatic heterocycles. The first kappa shape index (κ1) is 11.7. The van der Waals surface area contributed by atoms with Crippen molar-refractivity contribution in [1.82, 2.24) is 0 Å². The van der Waals surface area contributed by atoms with E-state index in [-0.39, 0.29) is 5.92 Å². The molecule has 4 nitrogen and oxygen atoms in total. The number of aliphatic hydroxyl groups is 1. The summed E-state index contributed by atoms with van der Waals surface area (Å²) >= 11 is 1.56. The molecule has 0 amide bonds. The Bertz CT molecular complexity index is 154. The second-order valence-electron chi connectivity index (χ2n) is 2.79. The van der Waals surface area contributed by atoms with E-state index in [2.05, 4.69) is 0 Å². The molecule has 3 unspecified atom stereocenters. The van der Waals surface area contributed by atoms with Crippen molar-refractivity contribution >= 4 is 17.7 Å². The minimum atomic E-state index is -1.17. The maximum absolute atomic E-state index is 10.4. The van der Waals surface area contributed by atoms with Crippen LogP contribution in [0.15, 0.2) is 0 Å². The number of carboxylic acid groups (broad SMARTS) is 1. The van der Waals surface area contributed by atoms with Gasteiger partial charge in [-0.05, 0) is 17.9 Å². The minimum Gasteiger partial charge on any atom is -0.480 e. The molecule has 72 valence electrons. The fraction of sp³-hybridized carbons (Fsp3) is 0.857. The number of hydrogen-bond acceptors (Lipinski definition) is 4. The molecule has 12 heavy (non-hydrogen) atoms. The van der Waals surface area contributed by atoms with Gasteiger partial charge in [-0.15, -0.1) is 0 Å². The average molecular weight is 193 g/mol. The highest BCUT2D eigenvalue weighted by Crippen LogP contribution is 2.11. The van der Waals surface area contributed by atoms with Crippen LogP contribution in [0.5, 0.6) is 0 Å². The zero-order chi connectivity index (χ0) is 9.72. The summed E-state index contributed by atoms with van der Waals surface area (Å²) in [4.78, 5) is 10.4. The number of nitrogens with two attached hydrogens (primary N) is 1. The molecule has 3 atom stereocenters. The standard InChI is InChI=1S/C7H15NO3S/c1-4(3-12-2)6(9)5(8)7(10)11/h4-6,9H,3,8H2,1-2H3,(H,10,11). The van der Waals surface area contributed by atoms with Crippen molar-refractivity contribution < 1.29 is 15.0 Å². The quantitative estimate of drug-likeness (QED) is 0.561. The molecule has 0 saturated carbocycles. The lowest BCUT2D eigenvalue weighted by atomic mass is 10.0. The zero-order valence-corrected chi connectivity index (χ0v) is 8.04. The number of carbonyl (C=O) groups is 1. The molecular formula is C7H15NO3S. The van der Waals surface area contributed by atoms with E-state index in [9.17, 15) is 9.90 Å². The molecule has 0 aromatic heterocycles. The van der Waals surface area contributed by atoms with Gasteiger partial charge in [0.15, 0.2) is 0 Å². The summed E-state index contributed by atoms with van der Waals surface area (Å²) in [6, 6.07) is -1.17. The molecule has 4 N–H and O–H groups in total. The third-order valence-corrected chi connectivity index (χ3v) is 2.52. The van der Waals surface area contributed by atoms with Crippen molar-refractivity contribution in [3.05, 3.63) is 0 Å². The molecule has 0 aromatic carbocycles. The van der Waals surface area contributed by atoms with Gasteiger partial charge < -0.3 is 15.9 Å². The van der Waals surface area contributed by atoms with Gasteiger partial charge >= 0.3 is 5.97 Å². The third-order valence-electron chi connectivity index (χ3n) is 1.67. The van der Waals surface area contributed by atoms with Crippen LogP contribution in [0.3, 0.4) is 0 Å². The molecule has 0 radical (unpaired) electrons. The maximum Gasteiger partial charge on any atom is 0.323 e. The van der Waals surface area contributed by atoms with Gasteiger partial charge in [0.05, 0.1) is 6.10 Å². The Morgan fingerprint density at radius 1 is 1.67 bits per heavy atom. The lowest BCUT2D eigenvalue weighted by molar-refractivity contribution is -0.141. The number of thioether (sulfide) groups is 1. The number of rotatable bonds is 5. The Labute approximate surface area is 76.1 Å². The van der Waals surface area contributed by atoms with E-state index < -0.39 is 18.1 Å². The van der Waals surface area contributed by atoms with E-state index in [4.69, 9.17) is 10.8 Å². The maximum atomic E-state index is 10.4. The number of hydrogen-bond donors (Lipinski definition) is 3. The van der Waals surface area contributed by atoms with Crippen LogP contribution in [0, 0.1) is 5.92 Å². The summed E-state index contributed by atoms with van der Waals surface area (Å²) in [5.74, 6) is -0.538. The van der Waals surface area contributed by atoms with Crippen molar-refractivity contribution in [2.45, 2.75) is 19.1 Å². The van der Waals surface area contributed by atoms with Crippen molar-refractivity contribution in [1.29, 1.82) is 0 Å². The summed E-state index contributed by atoms with van der Waals surface area (Å²) in [6.07, 6.45) is 0.935. The first-order chi connectivity index (χ1) is 5.50. The average Bonchev–Trinajstić information content (AvgIpc) is 2.02. The van der Waals surface area contributed by atoms with E-state index in [1.807, 2.05) is 6.26 Å². The SMILES string of the molecule is CSCC(C)C(O)C(N)C(=O)O. The molecule has 0 fully saturated rings. The summed E-state index contributed by atoms with van der Waals surface area (Å²) in [7, 11) is 0. The van der Waals surface area contributed by atoms with Crippen LogP contribution in [0.2, 0.25) is 0 Å². The molecule has 0 saturated heterocycles. The first-order valence-electron chi connectivity index (χ1n) is 3.66. The van der Waals surface area contributed by atoms with E-state index in [0.29, 0.717) is 5.75 Å². The molecule has 0 rings (SSSR count). The summed E-state index contributed by atoms with van der Waals surface area (Å²) in [5.41, 5.74) is 5.23. The molecule has 0 heterocycles. The van der Waals surface area contributed by atoms with Gasteiger partial charge in [0, 0.05) is 0 Å². The summed E-state index contributed by atoms with van der Waals surface area (Å²) in [6.45, 7) is 1.78. The Morgan fingerprint density at radius 3 is 2.50 bits per heavy atom.